The molecule has 0 amide bonds. The van der Waals surface area contributed by atoms with Gasteiger partial charge in [0.1, 0.15) is 5.69 Å². The van der Waals surface area contributed by atoms with Crippen molar-refractivity contribution >= 4 is 6.29 Å². The van der Waals surface area contributed by atoms with Gasteiger partial charge in [0.25, 0.3) is 0 Å². The predicted octanol–water partition coefficient (Wildman–Crippen LogP) is 0.715. The molecule has 0 aromatic carbocycles. The Kier molecular flexibility index (Phi) is 1.63. The summed E-state index contributed by atoms with van der Waals surface area (Å²) in [7, 11) is 0. The summed E-state index contributed by atoms with van der Waals surface area (Å²) >= 11 is 0. The van der Waals surface area contributed by atoms with Crippen molar-refractivity contribution in [3.63, 3.8) is 0 Å². The molecule has 0 bridgehead atoms. The highest BCUT2D eigenvalue weighted by atomic mass is 16.1. The van der Waals surface area contributed by atoms with Crippen LogP contribution >= 0.6 is 0 Å². The molecule has 0 aliphatic carbocycles. The molecular weight excluding hydrogens is 116 g/mol. The van der Waals surface area contributed by atoms with Crippen LogP contribution in [0.5, 0.6) is 0 Å². The lowest BCUT2D eigenvalue weighted by Gasteiger charge is -1.94. The van der Waals surface area contributed by atoms with E-state index >= 15 is 0 Å². The smallest absolute Gasteiger partial charge is 0.168 e. The lowest BCUT2D eigenvalue weighted by Crippen LogP contribution is -1.96. The summed E-state index contributed by atoms with van der Waals surface area (Å²) in [5.41, 5.74) is 0.637. The Labute approximate surface area is 53.3 Å². The Morgan fingerprint density at radius 3 is 3.11 bits per heavy atom. The second-order valence-corrected chi connectivity index (χ2v) is 1.72. The summed E-state index contributed by atoms with van der Waals surface area (Å²) in [6, 6.07) is 0. The maximum atomic E-state index is 10.2. The lowest BCUT2D eigenvalue weighted by atomic mass is 10.5. The van der Waals surface area contributed by atoms with Crippen LogP contribution in [0.2, 0.25) is 0 Å². The van der Waals surface area contributed by atoms with E-state index < -0.39 is 0 Å². The molecule has 0 radical (unpaired) electrons. The molecule has 0 atom stereocenters. The fourth-order valence-electron chi connectivity index (χ4n) is 0.693. The third kappa shape index (κ3) is 0.988. The Morgan fingerprint density at radius 1 is 1.89 bits per heavy atom. The molecule has 0 aliphatic heterocycles. The first-order valence-electron chi connectivity index (χ1n) is 2.83. The van der Waals surface area contributed by atoms with Crippen LogP contribution in [0.15, 0.2) is 12.5 Å². The summed E-state index contributed by atoms with van der Waals surface area (Å²) in [6.45, 7) is 2.77. The van der Waals surface area contributed by atoms with Gasteiger partial charge in [-0.05, 0) is 6.92 Å². The maximum Gasteiger partial charge on any atom is 0.168 e. The molecule has 0 fully saturated rings. The number of hydrogen-bond donors (Lipinski definition) is 0. The SMILES string of the molecule is CCn1cncc1C=O. The zero-order valence-corrected chi connectivity index (χ0v) is 5.24. The Morgan fingerprint density at radius 2 is 2.67 bits per heavy atom. The van der Waals surface area contributed by atoms with Crippen LogP contribution < -0.4 is 0 Å². The first kappa shape index (κ1) is 6.01. The second kappa shape index (κ2) is 2.44. The van der Waals surface area contributed by atoms with Crippen LogP contribution in [-0.2, 0) is 6.54 Å². The third-order valence-electron chi connectivity index (χ3n) is 1.21. The normalized spacial score (nSPS) is 9.44. The molecule has 1 heterocycles. The average molecular weight is 124 g/mol. The van der Waals surface area contributed by atoms with Crippen LogP contribution in [0.4, 0.5) is 0 Å². The third-order valence-corrected chi connectivity index (χ3v) is 1.21. The van der Waals surface area contributed by atoms with Gasteiger partial charge >= 0.3 is 0 Å². The Balaban J connectivity index is 2.98. The van der Waals surface area contributed by atoms with Crippen molar-refractivity contribution in [2.75, 3.05) is 0 Å². The van der Waals surface area contributed by atoms with E-state index in [2.05, 4.69) is 4.98 Å². The Bertz CT molecular complexity index is 205. The summed E-state index contributed by atoms with van der Waals surface area (Å²) < 4.78 is 1.78. The van der Waals surface area contributed by atoms with Crippen LogP contribution in [0.3, 0.4) is 0 Å². The van der Waals surface area contributed by atoms with Gasteiger partial charge in [-0.2, -0.15) is 0 Å². The number of aryl methyl sites for hydroxylation is 1. The summed E-state index contributed by atoms with van der Waals surface area (Å²) in [5.74, 6) is 0. The van der Waals surface area contributed by atoms with Gasteiger partial charge in [-0.1, -0.05) is 0 Å². The van der Waals surface area contributed by atoms with Crippen LogP contribution in [0.1, 0.15) is 17.4 Å². The number of nitrogens with zero attached hydrogens (tertiary/aromatic N) is 2. The largest absolute Gasteiger partial charge is 0.329 e. The van der Waals surface area contributed by atoms with Crippen molar-refractivity contribution in [2.24, 2.45) is 0 Å². The van der Waals surface area contributed by atoms with E-state index in [-0.39, 0.29) is 0 Å². The summed E-state index contributed by atoms with van der Waals surface area (Å²) in [6.07, 6.45) is 4.00. The molecule has 0 unspecified atom stereocenters. The maximum absolute atomic E-state index is 10.2. The minimum atomic E-state index is 0.637. The molecule has 9 heavy (non-hydrogen) atoms. The van der Waals surface area contributed by atoms with Crippen LogP contribution in [0, 0.1) is 0 Å². The summed E-state index contributed by atoms with van der Waals surface area (Å²) in [5, 5.41) is 0. The van der Waals surface area contributed by atoms with Crippen molar-refractivity contribution in [1.29, 1.82) is 0 Å². The molecule has 48 valence electrons. The van der Waals surface area contributed by atoms with Gasteiger partial charge in [0.2, 0.25) is 0 Å². The van der Waals surface area contributed by atoms with E-state index in [9.17, 15) is 4.79 Å². The number of aldehydes is 1. The quantitative estimate of drug-likeness (QED) is 0.544. The molecule has 3 heteroatoms. The zero-order chi connectivity index (χ0) is 6.69. The molecule has 0 saturated carbocycles. The highest BCUT2D eigenvalue weighted by Gasteiger charge is 1.94. The van der Waals surface area contributed by atoms with E-state index in [0.29, 0.717) is 5.69 Å². The van der Waals surface area contributed by atoms with Gasteiger partial charge in [0, 0.05) is 6.54 Å². The number of hydrogen-bond acceptors (Lipinski definition) is 2. The average Bonchev–Trinajstić information content (AvgIpc) is 2.33. The molecule has 1 aromatic heterocycles. The fraction of sp³-hybridized carbons (Fsp3) is 0.333. The Hall–Kier alpha value is -1.12. The van der Waals surface area contributed by atoms with E-state index in [1.54, 1.807) is 17.1 Å². The molecular formula is C6H8N2O. The van der Waals surface area contributed by atoms with E-state index in [1.807, 2.05) is 6.92 Å². The molecule has 1 aromatic rings. The van der Waals surface area contributed by atoms with Crippen molar-refractivity contribution in [3.8, 4) is 0 Å². The molecule has 0 spiro atoms. The first-order valence-corrected chi connectivity index (χ1v) is 2.83. The number of aromatic nitrogens is 2. The lowest BCUT2D eigenvalue weighted by molar-refractivity contribution is 0.111. The number of carbonyl (C=O) groups excluding carboxylic acids is 1. The van der Waals surface area contributed by atoms with Crippen molar-refractivity contribution < 1.29 is 4.79 Å². The van der Waals surface area contributed by atoms with Crippen molar-refractivity contribution in [3.05, 3.63) is 18.2 Å². The molecule has 3 nitrogen and oxygen atoms in total. The van der Waals surface area contributed by atoms with Crippen LogP contribution in [0.25, 0.3) is 0 Å². The second-order valence-electron chi connectivity index (χ2n) is 1.72. The topological polar surface area (TPSA) is 34.9 Å². The van der Waals surface area contributed by atoms with Gasteiger partial charge in [0.05, 0.1) is 12.5 Å². The first-order chi connectivity index (χ1) is 4.38. The van der Waals surface area contributed by atoms with E-state index in [4.69, 9.17) is 0 Å². The van der Waals surface area contributed by atoms with Crippen molar-refractivity contribution in [1.82, 2.24) is 9.55 Å². The molecule has 1 rings (SSSR count). The van der Waals surface area contributed by atoms with E-state index in [0.717, 1.165) is 12.8 Å². The highest BCUT2D eigenvalue weighted by molar-refractivity contribution is 5.71. The van der Waals surface area contributed by atoms with Crippen LogP contribution in [-0.4, -0.2) is 15.8 Å². The zero-order valence-electron chi connectivity index (χ0n) is 5.24. The minimum absolute atomic E-state index is 0.637. The summed E-state index contributed by atoms with van der Waals surface area (Å²) in [4.78, 5) is 14.0. The molecule has 0 aliphatic rings. The molecule has 0 N–H and O–H groups in total. The van der Waals surface area contributed by atoms with Gasteiger partial charge in [-0.3, -0.25) is 4.79 Å². The monoisotopic (exact) mass is 124 g/mol. The van der Waals surface area contributed by atoms with Gasteiger partial charge in [-0.15, -0.1) is 0 Å². The van der Waals surface area contributed by atoms with Gasteiger partial charge < -0.3 is 4.57 Å². The standard InChI is InChI=1S/C6H8N2O/c1-2-8-5-7-3-6(8)4-9/h3-5H,2H2,1H3. The predicted molar refractivity (Wildman–Crippen MR) is 33.3 cm³/mol. The van der Waals surface area contributed by atoms with Gasteiger partial charge in [-0.25, -0.2) is 4.98 Å². The van der Waals surface area contributed by atoms with Gasteiger partial charge in [0.15, 0.2) is 6.29 Å². The number of carbonyl (C=O) groups is 1. The van der Waals surface area contributed by atoms with Crippen molar-refractivity contribution in [2.45, 2.75) is 13.5 Å². The minimum Gasteiger partial charge on any atom is -0.329 e. The fourth-order valence-corrected chi connectivity index (χ4v) is 0.693. The molecule has 0 saturated heterocycles. The highest BCUT2D eigenvalue weighted by Crippen LogP contribution is 1.92. The number of rotatable bonds is 2. The van der Waals surface area contributed by atoms with E-state index in [1.165, 1.54) is 0 Å². The number of imidazole rings is 1.